The number of nitro benzene ring substituents is 4. The summed E-state index contributed by atoms with van der Waals surface area (Å²) >= 11 is 0. The molecule has 0 unspecified atom stereocenters. The van der Waals surface area contributed by atoms with Crippen LogP contribution in [0.1, 0.15) is 11.1 Å². The maximum atomic E-state index is 11.2. The lowest BCUT2D eigenvalue weighted by molar-refractivity contribution is -0.393. The Morgan fingerprint density at radius 3 is 1.31 bits per heavy atom. The van der Waals surface area contributed by atoms with Gasteiger partial charge in [0.15, 0.2) is 0 Å². The Kier molecular flexibility index (Phi) is 7.51. The highest BCUT2D eigenvalue weighted by molar-refractivity contribution is 5.94. The van der Waals surface area contributed by atoms with Crippen LogP contribution in [0.4, 0.5) is 34.1 Å². The number of non-ortho nitro benzene ring substituents is 2. The zero-order valence-corrected chi connectivity index (χ0v) is 17.9. The Balaban J connectivity index is 1.78. The van der Waals surface area contributed by atoms with Crippen LogP contribution < -0.4 is 10.9 Å². The van der Waals surface area contributed by atoms with Crippen LogP contribution in [0.3, 0.4) is 0 Å². The Morgan fingerprint density at radius 2 is 0.972 bits per heavy atom. The van der Waals surface area contributed by atoms with Crippen LogP contribution in [-0.4, -0.2) is 32.1 Å². The Bertz CT molecular complexity index is 1320. The molecule has 0 amide bonds. The zero-order chi connectivity index (χ0) is 26.2. The van der Waals surface area contributed by atoms with E-state index in [4.69, 9.17) is 0 Å². The first-order chi connectivity index (χ1) is 17.2. The summed E-state index contributed by atoms with van der Waals surface area (Å²) in [6.07, 6.45) is 2.64. The van der Waals surface area contributed by atoms with Crippen LogP contribution in [0, 0.1) is 40.5 Å². The van der Waals surface area contributed by atoms with Crippen molar-refractivity contribution >= 4 is 46.6 Å². The summed E-state index contributed by atoms with van der Waals surface area (Å²) in [5.74, 6) is 0. The number of rotatable bonds is 10. The molecule has 3 aromatic carbocycles. The molecule has 182 valence electrons. The van der Waals surface area contributed by atoms with Gasteiger partial charge in [-0.05, 0) is 12.1 Å². The van der Waals surface area contributed by atoms with Crippen molar-refractivity contribution in [1.82, 2.24) is 0 Å². The van der Waals surface area contributed by atoms with Gasteiger partial charge in [-0.15, -0.1) is 0 Å². The van der Waals surface area contributed by atoms with Gasteiger partial charge in [0.25, 0.3) is 11.4 Å². The third-order valence-corrected chi connectivity index (χ3v) is 4.55. The molecule has 0 saturated heterocycles. The van der Waals surface area contributed by atoms with E-state index >= 15 is 0 Å². The second kappa shape index (κ2) is 10.9. The van der Waals surface area contributed by atoms with Crippen LogP contribution in [0.5, 0.6) is 0 Å². The Morgan fingerprint density at radius 1 is 0.583 bits per heavy atom. The van der Waals surface area contributed by atoms with Gasteiger partial charge in [-0.25, -0.2) is 0 Å². The molecule has 0 bridgehead atoms. The maximum Gasteiger partial charge on any atom is 0.301 e. The predicted molar refractivity (Wildman–Crippen MR) is 128 cm³/mol. The molecular formula is C20H14N8O8. The molecule has 0 saturated carbocycles. The lowest BCUT2D eigenvalue weighted by Gasteiger charge is -2.04. The van der Waals surface area contributed by atoms with Gasteiger partial charge in [0.05, 0.1) is 44.3 Å². The largest absolute Gasteiger partial charge is 0.301 e. The van der Waals surface area contributed by atoms with Crippen molar-refractivity contribution in [3.63, 3.8) is 0 Å². The molecule has 0 spiro atoms. The van der Waals surface area contributed by atoms with Crippen LogP contribution in [0.2, 0.25) is 0 Å². The quantitative estimate of drug-likeness (QED) is 0.229. The number of hydrogen-bond donors (Lipinski definition) is 2. The van der Waals surface area contributed by atoms with Crippen LogP contribution in [0.15, 0.2) is 70.9 Å². The van der Waals surface area contributed by atoms with Crippen LogP contribution >= 0.6 is 0 Å². The standard InChI is InChI=1S/C20H14N8O8/c29-25(30)15-5-7-17(19(9-15)27(33)34)23-21-11-13-3-1-2-4-14(13)12-22-24-18-8-6-16(26(31)32)10-20(18)28(35)36/h1-12,23-24H/b21-11+,22-12+/i1+1,2+1,3+1,4+1,13+1,14+1. The molecule has 0 radical (unpaired) electrons. The molecular weight excluding hydrogens is 486 g/mol. The van der Waals surface area contributed by atoms with E-state index in [1.165, 1.54) is 12.4 Å². The van der Waals surface area contributed by atoms with Gasteiger partial charge in [0.1, 0.15) is 11.4 Å². The molecule has 3 aromatic rings. The molecule has 0 atom stereocenters. The number of nitrogens with zero attached hydrogens (tertiary/aromatic N) is 6. The van der Waals surface area contributed by atoms with Crippen molar-refractivity contribution in [1.29, 1.82) is 0 Å². The molecule has 16 heteroatoms. The third-order valence-electron chi connectivity index (χ3n) is 4.55. The average molecular weight is 500 g/mol. The maximum absolute atomic E-state index is 11.2. The summed E-state index contributed by atoms with van der Waals surface area (Å²) < 4.78 is 0. The first-order valence-electron chi connectivity index (χ1n) is 9.70. The SMILES string of the molecule is O=[N+]([O-])c1ccc(N/N=C/[13c]2[13cH][13cH][13cH][13cH][13c]2/C=N/Nc2ccc([N+](=O)[O-])cc2[N+](=O)[O-])c([N+](=O)[O-])c1. The number of nitrogens with one attached hydrogen (secondary N) is 2. The number of hydrazone groups is 2. The summed E-state index contributed by atoms with van der Waals surface area (Å²) in [6.45, 7) is 0. The highest BCUT2D eigenvalue weighted by atomic mass is 16.6. The zero-order valence-electron chi connectivity index (χ0n) is 17.9. The van der Waals surface area contributed by atoms with E-state index in [0.29, 0.717) is 11.1 Å². The highest BCUT2D eigenvalue weighted by Gasteiger charge is 2.20. The first-order valence-corrected chi connectivity index (χ1v) is 9.70. The smallest absolute Gasteiger partial charge is 0.272 e. The molecule has 0 aliphatic carbocycles. The molecule has 16 nitrogen and oxygen atoms in total. The van der Waals surface area contributed by atoms with E-state index in [1.54, 1.807) is 24.3 Å². The van der Waals surface area contributed by atoms with Crippen LogP contribution in [0.25, 0.3) is 0 Å². The van der Waals surface area contributed by atoms with E-state index in [-0.39, 0.29) is 11.4 Å². The number of anilines is 2. The normalized spacial score (nSPS) is 10.9. The summed E-state index contributed by atoms with van der Waals surface area (Å²) in [5, 5.41) is 52.0. The van der Waals surface area contributed by atoms with Crippen molar-refractivity contribution in [3.8, 4) is 0 Å². The van der Waals surface area contributed by atoms with Gasteiger partial charge < -0.3 is 0 Å². The molecule has 36 heavy (non-hydrogen) atoms. The van der Waals surface area contributed by atoms with Crippen molar-refractivity contribution in [2.45, 2.75) is 0 Å². The summed E-state index contributed by atoms with van der Waals surface area (Å²) in [7, 11) is 0. The lowest BCUT2D eigenvalue weighted by Crippen LogP contribution is -2.00. The number of benzene rings is 3. The summed E-state index contributed by atoms with van der Waals surface area (Å²) in [4.78, 5) is 41.1. The fraction of sp³-hybridized carbons (Fsp3) is 0. The van der Waals surface area contributed by atoms with Gasteiger partial charge >= 0.3 is 11.4 Å². The van der Waals surface area contributed by atoms with Gasteiger partial charge in [-0.1, -0.05) is 24.3 Å². The molecule has 0 aliphatic rings. The lowest BCUT2D eigenvalue weighted by atomic mass is 10.2. The second-order valence-corrected chi connectivity index (χ2v) is 6.80. The highest BCUT2D eigenvalue weighted by Crippen LogP contribution is 2.30. The molecule has 3 rings (SSSR count). The van der Waals surface area contributed by atoms with E-state index in [0.717, 1.165) is 36.4 Å². The molecule has 2 N–H and O–H groups in total. The molecule has 0 heterocycles. The van der Waals surface area contributed by atoms with E-state index in [1.807, 2.05) is 0 Å². The molecule has 0 aromatic heterocycles. The fourth-order valence-corrected chi connectivity index (χ4v) is 2.85. The second-order valence-electron chi connectivity index (χ2n) is 6.80. The minimum atomic E-state index is -0.783. The molecule has 0 fully saturated rings. The van der Waals surface area contributed by atoms with Gasteiger partial charge in [-0.2, -0.15) is 10.2 Å². The van der Waals surface area contributed by atoms with Crippen LogP contribution in [-0.2, 0) is 0 Å². The van der Waals surface area contributed by atoms with Crippen molar-refractivity contribution in [3.05, 3.63) is 112 Å². The predicted octanol–water partition coefficient (Wildman–Crippen LogP) is 4.21. The topological polar surface area (TPSA) is 221 Å². The van der Waals surface area contributed by atoms with Crippen molar-refractivity contribution < 1.29 is 19.7 Å². The summed E-state index contributed by atoms with van der Waals surface area (Å²) in [6, 6.07) is 12.8. The van der Waals surface area contributed by atoms with E-state index in [2.05, 4.69) is 21.1 Å². The molecule has 0 aliphatic heterocycles. The summed E-state index contributed by atoms with van der Waals surface area (Å²) in [5.41, 5.74) is 3.83. The van der Waals surface area contributed by atoms with Gasteiger partial charge in [0, 0.05) is 23.3 Å². The minimum absolute atomic E-state index is 0.0693. The Labute approximate surface area is 200 Å². The number of nitro groups is 4. The minimum Gasteiger partial charge on any atom is -0.272 e. The third kappa shape index (κ3) is 5.95. The average Bonchev–Trinajstić information content (AvgIpc) is 2.84. The van der Waals surface area contributed by atoms with Crippen molar-refractivity contribution in [2.75, 3.05) is 10.9 Å². The van der Waals surface area contributed by atoms with Crippen molar-refractivity contribution in [2.24, 2.45) is 10.2 Å². The van der Waals surface area contributed by atoms with Gasteiger partial charge in [-0.3, -0.25) is 51.3 Å². The van der Waals surface area contributed by atoms with E-state index < -0.39 is 42.4 Å². The van der Waals surface area contributed by atoms with Gasteiger partial charge in [0.2, 0.25) is 0 Å². The Hall–Kier alpha value is -5.80. The monoisotopic (exact) mass is 500 g/mol. The fourth-order valence-electron chi connectivity index (χ4n) is 2.85. The van der Waals surface area contributed by atoms with E-state index in [9.17, 15) is 40.5 Å². The number of hydrogen-bond acceptors (Lipinski definition) is 12. The first kappa shape index (κ1) is 24.8.